The Hall–Kier alpha value is -1.45. The minimum absolute atomic E-state index is 0. The summed E-state index contributed by atoms with van der Waals surface area (Å²) in [7, 11) is 0. The monoisotopic (exact) mass is 415 g/mol. The molecule has 0 aliphatic carbocycles. The van der Waals surface area contributed by atoms with Crippen LogP contribution in [0.2, 0.25) is 0 Å². The molecule has 1 aliphatic rings. The molecule has 0 radical (unpaired) electrons. The van der Waals surface area contributed by atoms with Gasteiger partial charge in [0.15, 0.2) is 11.5 Å². The van der Waals surface area contributed by atoms with Gasteiger partial charge in [-0.25, -0.2) is 4.98 Å². The molecular weight excluding hydrogens is 393 g/mol. The van der Waals surface area contributed by atoms with E-state index in [2.05, 4.69) is 4.98 Å². The molecule has 0 saturated carbocycles. The van der Waals surface area contributed by atoms with Crippen LogP contribution >= 0.6 is 11.8 Å². The molecule has 0 spiro atoms. The normalized spacial score (nSPS) is 12.3. The number of thioether (sulfide) groups is 1. The van der Waals surface area contributed by atoms with Crippen molar-refractivity contribution in [3.8, 4) is 23.0 Å². The number of ether oxygens (including phenoxy) is 3. The number of hydrogen-bond donors (Lipinski definition) is 1. The molecule has 1 aromatic heterocycles. The van der Waals surface area contributed by atoms with Crippen molar-refractivity contribution in [1.82, 2.24) is 4.98 Å². The molecule has 1 aromatic carbocycles. The van der Waals surface area contributed by atoms with Crippen molar-refractivity contribution >= 4 is 17.7 Å². The molecule has 28 heavy (non-hydrogen) atoms. The quantitative estimate of drug-likeness (QED) is 0.339. The zero-order valence-corrected chi connectivity index (χ0v) is 18.8. The number of hydrogen-bond acceptors (Lipinski definition) is 7. The molecule has 1 N–H and O–H groups in total. The number of aryl methyl sites for hydroxylation is 1. The number of carboxylic acid groups (broad SMARTS) is 1. The molecule has 146 valence electrons. The molecule has 2 heterocycles. The largest absolute Gasteiger partial charge is 1.00 e. The van der Waals surface area contributed by atoms with Gasteiger partial charge < -0.3 is 25.2 Å². The number of oxazole rings is 1. The van der Waals surface area contributed by atoms with Gasteiger partial charge in [0.1, 0.15) is 5.76 Å². The van der Waals surface area contributed by atoms with Crippen LogP contribution in [-0.2, 0) is 16.0 Å². The first kappa shape index (κ1) is 22.8. The second-order valence-corrected chi connectivity index (χ2v) is 6.83. The van der Waals surface area contributed by atoms with Gasteiger partial charge in [0.25, 0.3) is 0 Å². The van der Waals surface area contributed by atoms with Crippen molar-refractivity contribution in [2.24, 2.45) is 0 Å². The van der Waals surface area contributed by atoms with E-state index in [1.165, 1.54) is 11.8 Å². The number of carbonyl (C=O) groups is 1. The number of aromatic nitrogens is 1. The van der Waals surface area contributed by atoms with Gasteiger partial charge in [-0.05, 0) is 25.1 Å². The number of carboxylic acids is 1. The van der Waals surface area contributed by atoms with Gasteiger partial charge in [0.05, 0.1) is 24.7 Å². The average molecular weight is 415 g/mol. The smallest absolute Gasteiger partial charge is 1.00 e. The second kappa shape index (κ2) is 11.5. The molecule has 7 nitrogen and oxygen atoms in total. The third-order valence-corrected chi connectivity index (χ3v) is 4.69. The fourth-order valence-electron chi connectivity index (χ4n) is 2.48. The Morgan fingerprint density at radius 3 is 3.00 bits per heavy atom. The summed E-state index contributed by atoms with van der Waals surface area (Å²) in [5.74, 6) is 2.72. The maximum absolute atomic E-state index is 10.4. The molecule has 0 amide bonds. The molecule has 1 aliphatic heterocycles. The van der Waals surface area contributed by atoms with Gasteiger partial charge in [0.2, 0.25) is 12.7 Å². The number of nitrogens with zero attached hydrogens (tertiary/aromatic N) is 1. The van der Waals surface area contributed by atoms with Crippen LogP contribution in [0.15, 0.2) is 34.8 Å². The Labute approximate surface area is 191 Å². The van der Waals surface area contributed by atoms with Crippen molar-refractivity contribution in [2.75, 3.05) is 31.5 Å². The third-order valence-electron chi connectivity index (χ3n) is 3.82. The minimum Gasteiger partial charge on any atom is -1.00 e. The van der Waals surface area contributed by atoms with E-state index < -0.39 is 5.97 Å². The topological polar surface area (TPSA) is 91.0 Å². The van der Waals surface area contributed by atoms with Crippen LogP contribution in [0.5, 0.6) is 11.5 Å². The Morgan fingerprint density at radius 1 is 1.36 bits per heavy atom. The Balaban J connectivity index is 0.00000210. The van der Waals surface area contributed by atoms with Crippen molar-refractivity contribution in [3.05, 3.63) is 41.8 Å². The predicted molar refractivity (Wildman–Crippen MR) is 103 cm³/mol. The Morgan fingerprint density at radius 2 is 2.18 bits per heavy atom. The molecule has 0 bridgehead atoms. The molecule has 0 saturated heterocycles. The van der Waals surface area contributed by atoms with Gasteiger partial charge >= 0.3 is 35.5 Å². The van der Waals surface area contributed by atoms with Crippen LogP contribution in [0.4, 0.5) is 0 Å². The van der Waals surface area contributed by atoms with Gasteiger partial charge in [0, 0.05) is 17.7 Å². The first-order chi connectivity index (χ1) is 13.1. The summed E-state index contributed by atoms with van der Waals surface area (Å²) in [6, 6.07) is 5.61. The molecule has 0 atom stereocenters. The first-order valence-electron chi connectivity index (χ1n) is 8.52. The SMILES string of the molecule is Cc1oc(-c2ccc3c(c2)OCO3)nc1CCOC/C=C/CSCC(=O)O.[H-].[Na+]. The summed E-state index contributed by atoms with van der Waals surface area (Å²) in [6.07, 6.45) is 4.46. The number of fused-ring (bicyclic) bond motifs is 1. The fourth-order valence-corrected chi connectivity index (χ4v) is 3.05. The van der Waals surface area contributed by atoms with Crippen molar-refractivity contribution in [3.63, 3.8) is 0 Å². The summed E-state index contributed by atoms with van der Waals surface area (Å²) in [5, 5.41) is 8.54. The summed E-state index contributed by atoms with van der Waals surface area (Å²) in [6.45, 7) is 3.14. The maximum Gasteiger partial charge on any atom is 1.00 e. The van der Waals surface area contributed by atoms with E-state index in [-0.39, 0.29) is 43.5 Å². The molecule has 0 unspecified atom stereocenters. The summed E-state index contributed by atoms with van der Waals surface area (Å²) < 4.78 is 22.0. The van der Waals surface area contributed by atoms with E-state index in [0.29, 0.717) is 37.0 Å². The van der Waals surface area contributed by atoms with Crippen LogP contribution in [-0.4, -0.2) is 47.6 Å². The zero-order valence-electron chi connectivity index (χ0n) is 17.0. The summed E-state index contributed by atoms with van der Waals surface area (Å²) in [5.41, 5.74) is 1.71. The van der Waals surface area contributed by atoms with E-state index in [0.717, 1.165) is 22.8 Å². The van der Waals surface area contributed by atoms with E-state index >= 15 is 0 Å². The van der Waals surface area contributed by atoms with E-state index in [4.69, 9.17) is 23.7 Å². The van der Waals surface area contributed by atoms with Crippen LogP contribution in [0.25, 0.3) is 11.5 Å². The average Bonchev–Trinajstić information content (AvgIpc) is 3.26. The second-order valence-electron chi connectivity index (χ2n) is 5.80. The molecule has 9 heteroatoms. The van der Waals surface area contributed by atoms with Gasteiger partial charge in [-0.2, -0.15) is 0 Å². The van der Waals surface area contributed by atoms with Gasteiger partial charge in [-0.15, -0.1) is 11.8 Å². The number of benzene rings is 1. The van der Waals surface area contributed by atoms with Gasteiger partial charge in [-0.3, -0.25) is 4.79 Å². The Kier molecular flexibility index (Phi) is 9.40. The van der Waals surface area contributed by atoms with E-state index in [1.54, 1.807) is 0 Å². The Bertz CT molecular complexity index is 829. The zero-order chi connectivity index (χ0) is 19.1. The summed E-state index contributed by atoms with van der Waals surface area (Å²) in [4.78, 5) is 14.9. The third kappa shape index (κ3) is 6.56. The molecule has 0 fully saturated rings. The molecule has 2 aromatic rings. The van der Waals surface area contributed by atoms with Crippen molar-refractivity contribution < 1.29 is 59.5 Å². The molecular formula is C19H22NNaO6S. The van der Waals surface area contributed by atoms with Crippen molar-refractivity contribution in [2.45, 2.75) is 13.3 Å². The number of rotatable bonds is 10. The number of aliphatic carboxylic acids is 1. The van der Waals surface area contributed by atoms with Crippen LogP contribution < -0.4 is 39.0 Å². The maximum atomic E-state index is 10.4. The van der Waals surface area contributed by atoms with Gasteiger partial charge in [-0.1, -0.05) is 12.2 Å². The van der Waals surface area contributed by atoms with Crippen LogP contribution in [0.1, 0.15) is 12.9 Å². The minimum atomic E-state index is -0.798. The van der Waals surface area contributed by atoms with Crippen LogP contribution in [0.3, 0.4) is 0 Å². The van der Waals surface area contributed by atoms with E-state index in [9.17, 15) is 4.79 Å². The first-order valence-corrected chi connectivity index (χ1v) is 9.67. The fraction of sp³-hybridized carbons (Fsp3) is 0.368. The standard InChI is InChI=1S/C19H21NO6S.Na.H/c1-13-15(6-8-23-7-2-3-9-27-11-18(21)22)20-19(26-13)14-4-5-16-17(10-14)25-12-24-16;;/h2-5,10H,6-9,11-12H2,1H3,(H,21,22);;/q;+1;-1/b3-2+;;. The summed E-state index contributed by atoms with van der Waals surface area (Å²) >= 11 is 1.35. The molecule has 3 rings (SSSR count). The predicted octanol–water partition coefficient (Wildman–Crippen LogP) is 0.428. The van der Waals surface area contributed by atoms with Crippen molar-refractivity contribution in [1.29, 1.82) is 0 Å². The van der Waals surface area contributed by atoms with Crippen LogP contribution in [0, 0.1) is 6.92 Å². The van der Waals surface area contributed by atoms with E-state index in [1.807, 2.05) is 37.3 Å².